The summed E-state index contributed by atoms with van der Waals surface area (Å²) in [7, 11) is 0. The first-order chi connectivity index (χ1) is 20.9. The molecule has 1 saturated heterocycles. The number of hydrogen-bond acceptors (Lipinski definition) is 5. The molecule has 1 N–H and O–H groups in total. The summed E-state index contributed by atoms with van der Waals surface area (Å²) >= 11 is 0. The van der Waals surface area contributed by atoms with Gasteiger partial charge < -0.3 is 19.3 Å². The molecule has 232 valence electrons. The quantitative estimate of drug-likeness (QED) is 0.191. The largest absolute Gasteiger partial charge is 0.573 e. The van der Waals surface area contributed by atoms with Gasteiger partial charge in [0.1, 0.15) is 28.6 Å². The molecule has 0 amide bonds. The normalized spacial score (nSPS) is 15.2. The first kappa shape index (κ1) is 31.2. The minimum atomic E-state index is -4.88. The minimum Gasteiger partial charge on any atom is -0.457 e. The summed E-state index contributed by atoms with van der Waals surface area (Å²) in [5.41, 5.74) is -0.0386. The van der Waals surface area contributed by atoms with Crippen molar-refractivity contribution < 1.29 is 45.7 Å². The molecule has 44 heavy (non-hydrogen) atoms. The maximum atomic E-state index is 12.7. The minimum absolute atomic E-state index is 0.295. The molecule has 4 aromatic rings. The fourth-order valence-corrected chi connectivity index (χ4v) is 5.51. The van der Waals surface area contributed by atoms with Crippen LogP contribution in [0.5, 0.6) is 23.0 Å². The smallest absolute Gasteiger partial charge is 0.457 e. The van der Waals surface area contributed by atoms with Crippen LogP contribution in [0.4, 0.5) is 26.3 Å². The van der Waals surface area contributed by atoms with Crippen molar-refractivity contribution in [1.82, 2.24) is 4.90 Å². The van der Waals surface area contributed by atoms with Crippen molar-refractivity contribution in [1.29, 1.82) is 0 Å². The van der Waals surface area contributed by atoms with Crippen molar-refractivity contribution in [3.63, 3.8) is 0 Å². The van der Waals surface area contributed by atoms with Crippen molar-refractivity contribution in [3.8, 4) is 23.0 Å². The highest BCUT2D eigenvalue weighted by molar-refractivity contribution is 5.42. The third-order valence-corrected chi connectivity index (χ3v) is 7.54. The van der Waals surface area contributed by atoms with Gasteiger partial charge >= 0.3 is 12.7 Å². The van der Waals surface area contributed by atoms with Crippen LogP contribution in [0.3, 0.4) is 0 Å². The topological polar surface area (TPSA) is 51.2 Å². The summed E-state index contributed by atoms with van der Waals surface area (Å²) in [4.78, 5) is 2.23. The summed E-state index contributed by atoms with van der Waals surface area (Å²) in [5.74, 6) is 0.158. The Kier molecular flexibility index (Phi) is 9.07. The van der Waals surface area contributed by atoms with Crippen LogP contribution in [-0.2, 0) is 12.1 Å². The molecule has 0 bridgehead atoms. The van der Waals surface area contributed by atoms with Crippen molar-refractivity contribution in [2.24, 2.45) is 5.92 Å². The average Bonchev–Trinajstić information content (AvgIpc) is 2.98. The number of nitrogens with zero attached hydrogens (tertiary/aromatic N) is 1. The lowest BCUT2D eigenvalue weighted by Gasteiger charge is -2.42. The highest BCUT2D eigenvalue weighted by Crippen LogP contribution is 2.43. The number of piperidine rings is 1. The highest BCUT2D eigenvalue weighted by Gasteiger charge is 2.42. The van der Waals surface area contributed by atoms with E-state index in [0.717, 1.165) is 35.6 Å². The summed E-state index contributed by atoms with van der Waals surface area (Å²) < 4.78 is 90.1. The summed E-state index contributed by atoms with van der Waals surface area (Å²) in [5, 5.41) is 12.2. The molecule has 0 aromatic heterocycles. The van der Waals surface area contributed by atoms with Crippen molar-refractivity contribution in [2.75, 3.05) is 13.1 Å². The highest BCUT2D eigenvalue weighted by atomic mass is 19.4. The van der Waals surface area contributed by atoms with Gasteiger partial charge in [0, 0.05) is 6.54 Å². The summed E-state index contributed by atoms with van der Waals surface area (Å²) in [6.45, 7) is 1.88. The van der Waals surface area contributed by atoms with Crippen LogP contribution in [0, 0.1) is 5.92 Å². The zero-order chi connectivity index (χ0) is 31.4. The number of ether oxygens (including phenoxy) is 3. The van der Waals surface area contributed by atoms with E-state index < -0.39 is 29.8 Å². The Morgan fingerprint density at radius 1 is 0.591 bits per heavy atom. The van der Waals surface area contributed by atoms with Gasteiger partial charge in [0.05, 0.1) is 0 Å². The lowest BCUT2D eigenvalue weighted by atomic mass is 9.72. The Hall–Kier alpha value is -4.22. The molecule has 0 unspecified atom stereocenters. The number of alkyl halides is 6. The van der Waals surface area contributed by atoms with Crippen LogP contribution < -0.4 is 14.2 Å². The predicted octanol–water partition coefficient (Wildman–Crippen LogP) is 8.42. The fourth-order valence-electron chi connectivity index (χ4n) is 5.51. The Bertz CT molecular complexity index is 1420. The van der Waals surface area contributed by atoms with Crippen LogP contribution in [0.15, 0.2) is 103 Å². The van der Waals surface area contributed by atoms with E-state index in [2.05, 4.69) is 14.4 Å². The number of benzene rings is 4. The Morgan fingerprint density at radius 3 is 1.48 bits per heavy atom. The second kappa shape index (κ2) is 12.8. The Labute approximate surface area is 250 Å². The maximum Gasteiger partial charge on any atom is 0.573 e. The SMILES string of the molecule is OC(c1ccc(OC(F)(F)F)cc1)(c1ccc(OC(F)(F)F)cc1)C1CCN(Cc2ccc(Oc3ccccc3)cc2)CC1. The summed E-state index contributed by atoms with van der Waals surface area (Å²) in [6.07, 6.45) is -8.72. The first-order valence-corrected chi connectivity index (χ1v) is 13.9. The molecule has 5 nitrogen and oxygen atoms in total. The molecule has 0 aliphatic carbocycles. The van der Waals surface area contributed by atoms with Crippen LogP contribution in [0.25, 0.3) is 0 Å². The van der Waals surface area contributed by atoms with Gasteiger partial charge in [0.2, 0.25) is 0 Å². The van der Waals surface area contributed by atoms with E-state index >= 15 is 0 Å². The molecule has 0 radical (unpaired) electrons. The van der Waals surface area contributed by atoms with Gasteiger partial charge in [-0.15, -0.1) is 26.3 Å². The van der Waals surface area contributed by atoms with Gasteiger partial charge in [0.15, 0.2) is 0 Å². The molecule has 1 heterocycles. The monoisotopic (exact) mass is 617 g/mol. The van der Waals surface area contributed by atoms with Gasteiger partial charge in [-0.3, -0.25) is 4.90 Å². The molecule has 5 rings (SSSR count). The molecule has 1 aliphatic rings. The lowest BCUT2D eigenvalue weighted by molar-refractivity contribution is -0.275. The Balaban J connectivity index is 1.30. The molecular weight excluding hydrogens is 588 g/mol. The van der Waals surface area contributed by atoms with E-state index in [1.165, 1.54) is 24.3 Å². The molecule has 0 saturated carbocycles. The number of rotatable bonds is 9. The summed E-state index contributed by atoms with van der Waals surface area (Å²) in [6, 6.07) is 27.0. The van der Waals surface area contributed by atoms with Crippen molar-refractivity contribution >= 4 is 0 Å². The molecule has 4 aromatic carbocycles. The van der Waals surface area contributed by atoms with Gasteiger partial charge in [-0.1, -0.05) is 54.6 Å². The van der Waals surface area contributed by atoms with Gasteiger partial charge in [-0.25, -0.2) is 0 Å². The fraction of sp³-hybridized carbons (Fsp3) is 0.273. The number of halogens is 6. The first-order valence-electron chi connectivity index (χ1n) is 13.9. The van der Waals surface area contributed by atoms with Crippen LogP contribution >= 0.6 is 0 Å². The lowest BCUT2D eigenvalue weighted by Crippen LogP contribution is -2.44. The second-order valence-electron chi connectivity index (χ2n) is 10.5. The second-order valence-corrected chi connectivity index (χ2v) is 10.5. The average molecular weight is 618 g/mol. The zero-order valence-electron chi connectivity index (χ0n) is 23.3. The van der Waals surface area contributed by atoms with Crippen LogP contribution in [0.1, 0.15) is 29.5 Å². The number of hydrogen-bond donors (Lipinski definition) is 1. The van der Waals surface area contributed by atoms with E-state index in [-0.39, 0.29) is 5.92 Å². The predicted molar refractivity (Wildman–Crippen MR) is 150 cm³/mol. The van der Waals surface area contributed by atoms with E-state index in [9.17, 15) is 31.4 Å². The standard InChI is InChI=1S/C33H29F6NO4/c34-32(35,36)43-29-14-8-24(9-15-29)31(41,25-10-16-30(17-11-25)44-33(37,38)39)26-18-20-40(21-19-26)22-23-6-12-28(13-7-23)42-27-4-2-1-3-5-27/h1-17,26,41H,18-22H2. The van der Waals surface area contributed by atoms with Crippen molar-refractivity contribution in [2.45, 2.75) is 37.7 Å². The van der Waals surface area contributed by atoms with Gasteiger partial charge in [-0.2, -0.15) is 0 Å². The Morgan fingerprint density at radius 2 is 1.02 bits per heavy atom. The third-order valence-electron chi connectivity index (χ3n) is 7.54. The molecule has 1 aliphatic heterocycles. The van der Waals surface area contributed by atoms with E-state index in [1.807, 2.05) is 54.6 Å². The van der Waals surface area contributed by atoms with E-state index in [4.69, 9.17) is 4.74 Å². The van der Waals surface area contributed by atoms with E-state index in [1.54, 1.807) is 0 Å². The molecule has 0 atom stereocenters. The maximum absolute atomic E-state index is 12.7. The van der Waals surface area contributed by atoms with Crippen molar-refractivity contribution in [3.05, 3.63) is 120 Å². The number of para-hydroxylation sites is 1. The number of likely N-dealkylation sites (tertiary alicyclic amines) is 1. The number of aliphatic hydroxyl groups is 1. The molecular formula is C33H29F6NO4. The van der Waals surface area contributed by atoms with Gasteiger partial charge in [-0.05, 0) is 97.1 Å². The third kappa shape index (κ3) is 8.03. The zero-order valence-corrected chi connectivity index (χ0v) is 23.3. The van der Waals surface area contributed by atoms with E-state index in [0.29, 0.717) is 49.4 Å². The van der Waals surface area contributed by atoms with Crippen LogP contribution in [0.2, 0.25) is 0 Å². The van der Waals surface area contributed by atoms with Crippen LogP contribution in [-0.4, -0.2) is 35.8 Å². The molecule has 11 heteroatoms. The molecule has 0 spiro atoms. The van der Waals surface area contributed by atoms with Gasteiger partial charge in [0.25, 0.3) is 0 Å². The molecule has 1 fully saturated rings.